The van der Waals surface area contributed by atoms with Crippen molar-refractivity contribution < 1.29 is 24.8 Å². The zero-order valence-electron chi connectivity index (χ0n) is 17.0. The highest BCUT2D eigenvalue weighted by Gasteiger charge is 2.37. The Hall–Kier alpha value is -0.270. The van der Waals surface area contributed by atoms with E-state index in [0.29, 0.717) is 5.05 Å². The number of unbranched alkanes of at least 4 members (excludes halogenated alkanes) is 11. The van der Waals surface area contributed by atoms with Gasteiger partial charge in [-0.15, -0.1) is 0 Å². The molecular formula is C21H40O5S. The molecule has 6 heteroatoms. The van der Waals surface area contributed by atoms with Crippen LogP contribution in [0.3, 0.4) is 0 Å². The van der Waals surface area contributed by atoms with E-state index in [1.165, 1.54) is 64.2 Å². The van der Waals surface area contributed by atoms with Gasteiger partial charge in [-0.3, -0.25) is 0 Å². The predicted octanol–water partition coefficient (Wildman–Crippen LogP) is 3.90. The van der Waals surface area contributed by atoms with Crippen LogP contribution < -0.4 is 0 Å². The van der Waals surface area contributed by atoms with Crippen molar-refractivity contribution in [2.24, 2.45) is 0 Å². The van der Waals surface area contributed by atoms with Crippen molar-refractivity contribution in [2.75, 3.05) is 13.2 Å². The standard InChI is InChI=1S/C21H40O5S/c1-2-3-4-5-6-7-8-9-10-11-12-13-14-19(27)26-16-18-21(24)20(23)17(22)15-25-18/h17-18,20-24H,2-16H2,1H3/t17-,18+,20+,21+/m0/s1. The van der Waals surface area contributed by atoms with Gasteiger partial charge in [-0.05, 0) is 18.6 Å². The maximum atomic E-state index is 9.85. The Balaban J connectivity index is 1.90. The van der Waals surface area contributed by atoms with E-state index in [9.17, 15) is 15.3 Å². The van der Waals surface area contributed by atoms with E-state index in [2.05, 4.69) is 6.92 Å². The summed E-state index contributed by atoms with van der Waals surface area (Å²) in [6, 6.07) is 0. The monoisotopic (exact) mass is 404 g/mol. The van der Waals surface area contributed by atoms with Crippen LogP contribution in [0.1, 0.15) is 90.4 Å². The third kappa shape index (κ3) is 11.3. The average Bonchev–Trinajstić information content (AvgIpc) is 2.66. The van der Waals surface area contributed by atoms with Crippen LogP contribution in [0.25, 0.3) is 0 Å². The van der Waals surface area contributed by atoms with Crippen molar-refractivity contribution in [3.63, 3.8) is 0 Å². The largest absolute Gasteiger partial charge is 0.484 e. The Labute approximate surface area is 170 Å². The normalized spacial score (nSPS) is 25.5. The maximum Gasteiger partial charge on any atom is 0.159 e. The summed E-state index contributed by atoms with van der Waals surface area (Å²) in [5.41, 5.74) is 0. The van der Waals surface area contributed by atoms with Gasteiger partial charge in [-0.25, -0.2) is 0 Å². The van der Waals surface area contributed by atoms with E-state index < -0.39 is 24.4 Å². The second-order valence-electron chi connectivity index (χ2n) is 7.74. The Morgan fingerprint density at radius 3 is 1.93 bits per heavy atom. The molecule has 0 amide bonds. The molecule has 3 N–H and O–H groups in total. The molecule has 0 unspecified atom stereocenters. The van der Waals surface area contributed by atoms with E-state index in [0.717, 1.165) is 19.3 Å². The lowest BCUT2D eigenvalue weighted by Gasteiger charge is -2.34. The summed E-state index contributed by atoms with van der Waals surface area (Å²) in [5, 5.41) is 29.4. The lowest BCUT2D eigenvalue weighted by molar-refractivity contribution is -0.193. The van der Waals surface area contributed by atoms with E-state index in [1.807, 2.05) is 0 Å². The van der Waals surface area contributed by atoms with E-state index >= 15 is 0 Å². The van der Waals surface area contributed by atoms with Gasteiger partial charge in [0, 0.05) is 6.42 Å². The fraction of sp³-hybridized carbons (Fsp3) is 0.952. The van der Waals surface area contributed by atoms with Crippen LogP contribution in [0.15, 0.2) is 0 Å². The summed E-state index contributed by atoms with van der Waals surface area (Å²) in [6.45, 7) is 2.37. The highest BCUT2D eigenvalue weighted by molar-refractivity contribution is 7.80. The second-order valence-corrected chi connectivity index (χ2v) is 8.20. The summed E-state index contributed by atoms with van der Waals surface area (Å²) >= 11 is 5.22. The van der Waals surface area contributed by atoms with Crippen molar-refractivity contribution in [1.29, 1.82) is 0 Å². The molecule has 4 atom stereocenters. The number of ether oxygens (including phenoxy) is 2. The van der Waals surface area contributed by atoms with Gasteiger partial charge in [0.2, 0.25) is 0 Å². The highest BCUT2D eigenvalue weighted by atomic mass is 32.1. The van der Waals surface area contributed by atoms with Gasteiger partial charge in [0.25, 0.3) is 0 Å². The second kappa shape index (κ2) is 15.6. The topological polar surface area (TPSA) is 79.2 Å². The van der Waals surface area contributed by atoms with Gasteiger partial charge in [-0.1, -0.05) is 77.6 Å². The quantitative estimate of drug-likeness (QED) is 0.284. The first-order chi connectivity index (χ1) is 13.1. The average molecular weight is 405 g/mol. The van der Waals surface area contributed by atoms with Crippen LogP contribution in [-0.2, 0) is 9.47 Å². The number of aliphatic hydroxyl groups excluding tert-OH is 3. The number of hydrogen-bond acceptors (Lipinski definition) is 6. The van der Waals surface area contributed by atoms with Gasteiger partial charge in [0.1, 0.15) is 31.0 Å². The van der Waals surface area contributed by atoms with E-state index in [1.54, 1.807) is 0 Å². The van der Waals surface area contributed by atoms with Crippen molar-refractivity contribution in [3.05, 3.63) is 0 Å². The number of thiocarbonyl (C=S) groups is 1. The fourth-order valence-corrected chi connectivity index (χ4v) is 3.58. The smallest absolute Gasteiger partial charge is 0.159 e. The Morgan fingerprint density at radius 2 is 1.37 bits per heavy atom. The molecule has 1 saturated heterocycles. The molecule has 27 heavy (non-hydrogen) atoms. The first-order valence-electron chi connectivity index (χ1n) is 10.9. The van der Waals surface area contributed by atoms with Crippen molar-refractivity contribution >= 4 is 17.3 Å². The zero-order valence-corrected chi connectivity index (χ0v) is 17.8. The lowest BCUT2D eigenvalue weighted by Crippen LogP contribution is -2.54. The van der Waals surface area contributed by atoms with Crippen LogP contribution in [0.4, 0.5) is 0 Å². The van der Waals surface area contributed by atoms with E-state index in [-0.39, 0.29) is 13.2 Å². The van der Waals surface area contributed by atoms with Gasteiger partial charge in [0.05, 0.1) is 6.61 Å². The minimum Gasteiger partial charge on any atom is -0.484 e. The van der Waals surface area contributed by atoms with Gasteiger partial charge in [0.15, 0.2) is 5.05 Å². The summed E-state index contributed by atoms with van der Waals surface area (Å²) in [6.07, 6.45) is 12.4. The van der Waals surface area contributed by atoms with Crippen molar-refractivity contribution in [1.82, 2.24) is 0 Å². The molecule has 0 aromatic carbocycles. The third-order valence-electron chi connectivity index (χ3n) is 5.25. The molecule has 0 aliphatic carbocycles. The molecular weight excluding hydrogens is 364 g/mol. The van der Waals surface area contributed by atoms with Gasteiger partial charge < -0.3 is 24.8 Å². The van der Waals surface area contributed by atoms with Crippen LogP contribution in [0, 0.1) is 0 Å². The molecule has 0 radical (unpaired) electrons. The molecule has 1 aliphatic rings. The summed E-state index contributed by atoms with van der Waals surface area (Å²) in [7, 11) is 0. The zero-order chi connectivity index (χ0) is 19.9. The minimum absolute atomic E-state index is 0.00223. The minimum atomic E-state index is -1.20. The number of rotatable bonds is 15. The highest BCUT2D eigenvalue weighted by Crippen LogP contribution is 2.17. The Bertz CT molecular complexity index is 380. The van der Waals surface area contributed by atoms with Crippen LogP contribution >= 0.6 is 12.2 Å². The lowest BCUT2D eigenvalue weighted by atomic mass is 10.0. The predicted molar refractivity (Wildman–Crippen MR) is 112 cm³/mol. The maximum absolute atomic E-state index is 9.85. The molecule has 1 fully saturated rings. The van der Waals surface area contributed by atoms with Crippen LogP contribution in [0.2, 0.25) is 0 Å². The van der Waals surface area contributed by atoms with Crippen molar-refractivity contribution in [3.8, 4) is 0 Å². The molecule has 1 heterocycles. The fourth-order valence-electron chi connectivity index (χ4n) is 3.37. The number of aliphatic hydroxyl groups is 3. The molecule has 160 valence electrons. The molecule has 0 spiro atoms. The molecule has 5 nitrogen and oxygen atoms in total. The van der Waals surface area contributed by atoms with Crippen molar-refractivity contribution in [2.45, 2.75) is 115 Å². The summed E-state index contributed by atoms with van der Waals surface area (Å²) < 4.78 is 10.8. The van der Waals surface area contributed by atoms with Crippen LogP contribution in [0.5, 0.6) is 0 Å². The number of hydrogen-bond donors (Lipinski definition) is 3. The Kier molecular flexibility index (Phi) is 14.3. The third-order valence-corrected chi connectivity index (χ3v) is 5.57. The molecule has 0 aromatic heterocycles. The van der Waals surface area contributed by atoms with Gasteiger partial charge >= 0.3 is 0 Å². The van der Waals surface area contributed by atoms with Crippen LogP contribution in [-0.4, -0.2) is 58.0 Å². The molecule has 0 aromatic rings. The Morgan fingerprint density at radius 1 is 0.852 bits per heavy atom. The van der Waals surface area contributed by atoms with E-state index in [4.69, 9.17) is 21.7 Å². The summed E-state index contributed by atoms with van der Waals surface area (Å²) in [4.78, 5) is 0. The molecule has 1 rings (SSSR count). The first-order valence-corrected chi connectivity index (χ1v) is 11.3. The molecule has 0 saturated carbocycles. The van der Waals surface area contributed by atoms with Gasteiger partial charge in [-0.2, -0.15) is 0 Å². The summed E-state index contributed by atoms with van der Waals surface area (Å²) in [5.74, 6) is 0. The SMILES string of the molecule is CCCCCCCCCCCCCCC(=S)OC[C@H]1OC[C@H](O)[C@@H](O)[C@@H]1O. The molecule has 1 aliphatic heterocycles. The molecule has 0 bridgehead atoms. The first kappa shape index (κ1) is 24.8.